The third-order valence-corrected chi connectivity index (χ3v) is 7.93. The summed E-state index contributed by atoms with van der Waals surface area (Å²) in [5.74, 6) is -1.31. The molecule has 0 atom stereocenters. The lowest BCUT2D eigenvalue weighted by Crippen LogP contribution is -2.22. The molecule has 242 valence electrons. The second-order valence-electron chi connectivity index (χ2n) is 11.1. The molecule has 3 aromatic rings. The van der Waals surface area contributed by atoms with Gasteiger partial charge in [0.2, 0.25) is 0 Å². The molecule has 0 bridgehead atoms. The molecular weight excluding hydrogens is 600 g/mol. The lowest BCUT2D eigenvalue weighted by Gasteiger charge is -2.12. The molecule has 0 spiro atoms. The SMILES string of the molecule is COc1ccc(-c2ccc(CCCCc3ccc(OC(=O)CC4C(=O)C=CC4=O)cc3)c(OC)c2)cc1.O=CCC1C(=O)C=CC1=O. The number of rotatable bonds is 13. The van der Waals surface area contributed by atoms with Crippen LogP contribution in [-0.4, -0.2) is 49.6 Å². The van der Waals surface area contributed by atoms with Crippen LogP contribution in [0.15, 0.2) is 91.0 Å². The van der Waals surface area contributed by atoms with Crippen LogP contribution >= 0.6 is 0 Å². The molecule has 0 amide bonds. The molecule has 0 saturated heterocycles. The summed E-state index contributed by atoms with van der Waals surface area (Å²) in [5, 5.41) is 0. The van der Waals surface area contributed by atoms with E-state index in [9.17, 15) is 28.8 Å². The lowest BCUT2D eigenvalue weighted by atomic mass is 9.99. The second-order valence-corrected chi connectivity index (χ2v) is 11.1. The van der Waals surface area contributed by atoms with Gasteiger partial charge in [0.05, 0.1) is 32.5 Å². The summed E-state index contributed by atoms with van der Waals surface area (Å²) in [6.45, 7) is 0. The Bertz CT molecular complexity index is 1640. The van der Waals surface area contributed by atoms with Crippen LogP contribution in [0.1, 0.15) is 36.8 Å². The summed E-state index contributed by atoms with van der Waals surface area (Å²) in [4.78, 5) is 66.7. The maximum Gasteiger partial charge on any atom is 0.312 e. The minimum Gasteiger partial charge on any atom is -0.497 e. The van der Waals surface area contributed by atoms with E-state index >= 15 is 0 Å². The summed E-state index contributed by atoms with van der Waals surface area (Å²) < 4.78 is 16.2. The number of carbonyl (C=O) groups excluding carboxylic acids is 6. The first-order chi connectivity index (χ1) is 22.7. The van der Waals surface area contributed by atoms with Gasteiger partial charge in [-0.3, -0.25) is 24.0 Å². The molecule has 0 saturated carbocycles. The number of allylic oxidation sites excluding steroid dienone is 4. The van der Waals surface area contributed by atoms with Gasteiger partial charge >= 0.3 is 5.97 Å². The van der Waals surface area contributed by atoms with Gasteiger partial charge in [0.1, 0.15) is 23.5 Å². The van der Waals surface area contributed by atoms with E-state index in [2.05, 4.69) is 18.2 Å². The fourth-order valence-electron chi connectivity index (χ4n) is 5.23. The normalized spacial score (nSPS) is 14.3. The Hall–Kier alpha value is -5.44. The van der Waals surface area contributed by atoms with Crippen molar-refractivity contribution in [3.63, 3.8) is 0 Å². The monoisotopic (exact) mass is 636 g/mol. The van der Waals surface area contributed by atoms with Crippen LogP contribution in [0.4, 0.5) is 0 Å². The highest BCUT2D eigenvalue weighted by molar-refractivity contribution is 6.20. The molecule has 2 aliphatic rings. The van der Waals surface area contributed by atoms with Crippen LogP contribution in [-0.2, 0) is 41.6 Å². The van der Waals surface area contributed by atoms with E-state index < -0.39 is 17.8 Å². The van der Waals surface area contributed by atoms with Crippen LogP contribution in [0.5, 0.6) is 17.2 Å². The van der Waals surface area contributed by atoms with Gasteiger partial charge in [0, 0.05) is 6.42 Å². The third-order valence-electron chi connectivity index (χ3n) is 7.93. The molecule has 2 aliphatic carbocycles. The molecule has 0 aliphatic heterocycles. The number of methoxy groups -OCH3 is 2. The predicted molar refractivity (Wildman–Crippen MR) is 174 cm³/mol. The molecule has 5 rings (SSSR count). The number of ether oxygens (including phenoxy) is 3. The van der Waals surface area contributed by atoms with Gasteiger partial charge in [-0.25, -0.2) is 0 Å². The number of ketones is 4. The summed E-state index contributed by atoms with van der Waals surface area (Å²) in [6.07, 6.45) is 9.05. The van der Waals surface area contributed by atoms with Crippen molar-refractivity contribution in [2.24, 2.45) is 11.8 Å². The predicted octanol–water partition coefficient (Wildman–Crippen LogP) is 5.46. The maximum atomic E-state index is 12.1. The van der Waals surface area contributed by atoms with Gasteiger partial charge in [-0.2, -0.15) is 0 Å². The molecular formula is C38H36O9. The Labute approximate surface area is 273 Å². The van der Waals surface area contributed by atoms with E-state index in [0.29, 0.717) is 12.0 Å². The third kappa shape index (κ3) is 9.53. The first kappa shape index (κ1) is 34.4. The van der Waals surface area contributed by atoms with Crippen LogP contribution < -0.4 is 14.2 Å². The lowest BCUT2D eigenvalue weighted by molar-refractivity contribution is -0.139. The zero-order valence-corrected chi connectivity index (χ0v) is 26.3. The summed E-state index contributed by atoms with van der Waals surface area (Å²) >= 11 is 0. The van der Waals surface area contributed by atoms with Gasteiger partial charge in [-0.05, 0) is 103 Å². The molecule has 3 aromatic carbocycles. The number of aldehydes is 1. The van der Waals surface area contributed by atoms with Crippen molar-refractivity contribution in [3.05, 3.63) is 102 Å². The van der Waals surface area contributed by atoms with Gasteiger partial charge in [-0.1, -0.05) is 36.4 Å². The fraction of sp³-hybridized carbons (Fsp3) is 0.263. The zero-order chi connectivity index (χ0) is 33.8. The van der Waals surface area contributed by atoms with E-state index in [1.807, 2.05) is 36.4 Å². The summed E-state index contributed by atoms with van der Waals surface area (Å²) in [5.41, 5.74) is 4.53. The molecule has 0 radical (unpaired) electrons. The highest BCUT2D eigenvalue weighted by atomic mass is 16.5. The van der Waals surface area contributed by atoms with Gasteiger partial charge in [0.25, 0.3) is 0 Å². The highest BCUT2D eigenvalue weighted by Crippen LogP contribution is 2.30. The van der Waals surface area contributed by atoms with Crippen molar-refractivity contribution < 1.29 is 43.0 Å². The fourth-order valence-corrected chi connectivity index (χ4v) is 5.23. The quantitative estimate of drug-likeness (QED) is 0.0790. The molecule has 9 nitrogen and oxygen atoms in total. The number of esters is 1. The zero-order valence-electron chi connectivity index (χ0n) is 26.3. The van der Waals surface area contributed by atoms with Gasteiger partial charge in [-0.15, -0.1) is 0 Å². The van der Waals surface area contributed by atoms with Crippen LogP contribution in [0.25, 0.3) is 11.1 Å². The first-order valence-electron chi connectivity index (χ1n) is 15.3. The molecule has 0 aromatic heterocycles. The Balaban J connectivity index is 0.000000427. The average molecular weight is 637 g/mol. The standard InChI is InChI=1S/C31H30O6.C7H6O3/c1-35-25-15-11-22(12-16-25)24-10-9-23(30(19-24)36-2)6-4-3-5-21-7-13-26(14-8-21)37-31(34)20-27-28(32)17-18-29(27)33;8-4-3-5-6(9)1-2-7(5)10/h7-19,27H,3-6,20H2,1-2H3;1-2,4-5H,3H2. The van der Waals surface area contributed by atoms with Crippen molar-refractivity contribution in [3.8, 4) is 28.4 Å². The summed E-state index contributed by atoms with van der Waals surface area (Å²) in [6, 6.07) is 21.6. The minimum absolute atomic E-state index is 0.0185. The smallest absolute Gasteiger partial charge is 0.312 e. The topological polar surface area (TPSA) is 130 Å². The van der Waals surface area contributed by atoms with Crippen molar-refractivity contribution in [2.75, 3.05) is 14.2 Å². The largest absolute Gasteiger partial charge is 0.497 e. The van der Waals surface area contributed by atoms with Gasteiger partial charge in [0.15, 0.2) is 23.1 Å². The minimum atomic E-state index is -0.941. The molecule has 9 heteroatoms. The molecule has 0 fully saturated rings. The number of hydrogen-bond donors (Lipinski definition) is 0. The molecule has 0 unspecified atom stereocenters. The van der Waals surface area contributed by atoms with E-state index in [4.69, 9.17) is 14.2 Å². The summed E-state index contributed by atoms with van der Waals surface area (Å²) in [7, 11) is 3.36. The Kier molecular flexibility index (Phi) is 12.3. The number of carbonyl (C=O) groups is 6. The molecule has 47 heavy (non-hydrogen) atoms. The number of unbranched alkanes of at least 4 members (excludes halogenated alkanes) is 1. The van der Waals surface area contributed by atoms with Crippen molar-refractivity contribution in [1.29, 1.82) is 0 Å². The Morgan fingerprint density at radius 3 is 1.79 bits per heavy atom. The van der Waals surface area contributed by atoms with Crippen molar-refractivity contribution >= 4 is 35.4 Å². The van der Waals surface area contributed by atoms with Crippen LogP contribution in [0, 0.1) is 11.8 Å². The molecule has 0 N–H and O–H groups in total. The van der Waals surface area contributed by atoms with E-state index in [1.165, 1.54) is 29.9 Å². The number of benzene rings is 3. The second kappa shape index (κ2) is 16.7. The first-order valence-corrected chi connectivity index (χ1v) is 15.3. The Morgan fingerprint density at radius 2 is 1.21 bits per heavy atom. The highest BCUT2D eigenvalue weighted by Gasteiger charge is 2.31. The maximum absolute atomic E-state index is 12.1. The Morgan fingerprint density at radius 1 is 0.660 bits per heavy atom. The number of hydrogen-bond acceptors (Lipinski definition) is 9. The average Bonchev–Trinajstić information content (AvgIpc) is 3.58. The van der Waals surface area contributed by atoms with E-state index in [-0.39, 0.29) is 36.0 Å². The van der Waals surface area contributed by atoms with Crippen molar-refractivity contribution in [2.45, 2.75) is 38.5 Å². The van der Waals surface area contributed by atoms with Crippen molar-refractivity contribution in [1.82, 2.24) is 0 Å². The van der Waals surface area contributed by atoms with E-state index in [1.54, 1.807) is 26.4 Å². The van der Waals surface area contributed by atoms with Crippen LogP contribution in [0.2, 0.25) is 0 Å². The van der Waals surface area contributed by atoms with Crippen LogP contribution in [0.3, 0.4) is 0 Å². The molecule has 0 heterocycles. The van der Waals surface area contributed by atoms with E-state index in [0.717, 1.165) is 53.9 Å². The number of aryl methyl sites for hydroxylation is 2. The van der Waals surface area contributed by atoms with Gasteiger partial charge < -0.3 is 19.0 Å².